The summed E-state index contributed by atoms with van der Waals surface area (Å²) in [6.45, 7) is 1.93. The molecule has 0 unspecified atom stereocenters. The predicted molar refractivity (Wildman–Crippen MR) is 93.1 cm³/mol. The third-order valence-corrected chi connectivity index (χ3v) is 3.50. The van der Waals surface area contributed by atoms with E-state index < -0.39 is 0 Å². The van der Waals surface area contributed by atoms with Gasteiger partial charge in [-0.15, -0.1) is 0 Å². The van der Waals surface area contributed by atoms with Crippen molar-refractivity contribution in [2.24, 2.45) is 0 Å². The average Bonchev–Trinajstić information content (AvgIpc) is 2.57. The molecule has 1 amide bonds. The summed E-state index contributed by atoms with van der Waals surface area (Å²) >= 11 is 0. The Morgan fingerprint density at radius 2 is 1.83 bits per heavy atom. The Morgan fingerprint density at radius 3 is 2.54 bits per heavy atom. The monoisotopic (exact) mass is 321 g/mol. The van der Waals surface area contributed by atoms with Gasteiger partial charge < -0.3 is 10.6 Å². The van der Waals surface area contributed by atoms with Gasteiger partial charge in [-0.25, -0.2) is 9.37 Å². The fraction of sp³-hybridized carbons (Fsp3) is 0.0526. The highest BCUT2D eigenvalue weighted by atomic mass is 19.1. The van der Waals surface area contributed by atoms with Crippen molar-refractivity contribution in [3.05, 3.63) is 83.9 Å². The summed E-state index contributed by atoms with van der Waals surface area (Å²) in [5.74, 6) is -0.594. The minimum Gasteiger partial charge on any atom is -0.354 e. The molecule has 2 aromatic carbocycles. The zero-order valence-electron chi connectivity index (χ0n) is 13.1. The molecular formula is C19H16FN3O. The number of amides is 1. The van der Waals surface area contributed by atoms with E-state index in [1.807, 2.05) is 31.2 Å². The van der Waals surface area contributed by atoms with Crippen LogP contribution in [0.3, 0.4) is 0 Å². The molecule has 3 rings (SSSR count). The molecule has 0 aliphatic heterocycles. The maximum atomic E-state index is 13.2. The topological polar surface area (TPSA) is 54.0 Å². The van der Waals surface area contributed by atoms with Crippen LogP contribution in [-0.4, -0.2) is 10.9 Å². The molecule has 0 radical (unpaired) electrons. The molecule has 3 aromatic rings. The maximum absolute atomic E-state index is 13.2. The van der Waals surface area contributed by atoms with E-state index in [1.54, 1.807) is 24.3 Å². The summed E-state index contributed by atoms with van der Waals surface area (Å²) in [5.41, 5.74) is 3.34. The summed E-state index contributed by atoms with van der Waals surface area (Å²) in [5, 5.41) is 5.87. The van der Waals surface area contributed by atoms with E-state index in [2.05, 4.69) is 15.6 Å². The largest absolute Gasteiger partial charge is 0.354 e. The number of carbonyl (C=O) groups is 1. The molecule has 24 heavy (non-hydrogen) atoms. The Balaban J connectivity index is 1.70. The molecule has 5 heteroatoms. The van der Waals surface area contributed by atoms with Crippen LogP contribution in [0.4, 0.5) is 21.5 Å². The zero-order valence-corrected chi connectivity index (χ0v) is 13.1. The van der Waals surface area contributed by atoms with Crippen molar-refractivity contribution in [1.82, 2.24) is 4.98 Å². The number of para-hydroxylation sites is 1. The number of nitrogens with one attached hydrogen (secondary N) is 2. The van der Waals surface area contributed by atoms with E-state index >= 15 is 0 Å². The molecule has 0 aliphatic rings. The van der Waals surface area contributed by atoms with Crippen molar-refractivity contribution in [2.45, 2.75) is 6.92 Å². The van der Waals surface area contributed by atoms with Crippen LogP contribution in [0, 0.1) is 12.7 Å². The summed E-state index contributed by atoms with van der Waals surface area (Å²) in [4.78, 5) is 16.4. The molecule has 0 atom stereocenters. The van der Waals surface area contributed by atoms with E-state index in [0.717, 1.165) is 11.3 Å². The molecule has 120 valence electrons. The van der Waals surface area contributed by atoms with Gasteiger partial charge in [-0.2, -0.15) is 0 Å². The van der Waals surface area contributed by atoms with Gasteiger partial charge in [0.25, 0.3) is 5.91 Å². The SMILES string of the molecule is Cc1ccccc1NC(=O)c1ccc(Nc2cccc(F)c2)cn1. The third kappa shape index (κ3) is 3.76. The van der Waals surface area contributed by atoms with Crippen LogP contribution in [0.2, 0.25) is 0 Å². The van der Waals surface area contributed by atoms with Crippen LogP contribution in [0.25, 0.3) is 0 Å². The van der Waals surface area contributed by atoms with E-state index in [-0.39, 0.29) is 11.7 Å². The van der Waals surface area contributed by atoms with Crippen molar-refractivity contribution < 1.29 is 9.18 Å². The second-order valence-corrected chi connectivity index (χ2v) is 5.34. The van der Waals surface area contributed by atoms with Gasteiger partial charge >= 0.3 is 0 Å². The Bertz CT molecular complexity index is 862. The normalized spacial score (nSPS) is 10.2. The number of aryl methyl sites for hydroxylation is 1. The second-order valence-electron chi connectivity index (χ2n) is 5.34. The van der Waals surface area contributed by atoms with Gasteiger partial charge in [0.1, 0.15) is 11.5 Å². The van der Waals surface area contributed by atoms with Crippen molar-refractivity contribution in [2.75, 3.05) is 10.6 Å². The van der Waals surface area contributed by atoms with Gasteiger partial charge in [0.05, 0.1) is 11.9 Å². The van der Waals surface area contributed by atoms with E-state index in [4.69, 9.17) is 0 Å². The lowest BCUT2D eigenvalue weighted by Crippen LogP contribution is -2.14. The van der Waals surface area contributed by atoms with Gasteiger partial charge in [0.15, 0.2) is 0 Å². The van der Waals surface area contributed by atoms with Gasteiger partial charge in [-0.3, -0.25) is 4.79 Å². The molecule has 0 saturated heterocycles. The molecule has 1 heterocycles. The van der Waals surface area contributed by atoms with Crippen LogP contribution < -0.4 is 10.6 Å². The Kier molecular flexibility index (Phi) is 4.52. The molecular weight excluding hydrogens is 305 g/mol. The first-order valence-corrected chi connectivity index (χ1v) is 7.47. The van der Waals surface area contributed by atoms with Crippen molar-refractivity contribution in [3.63, 3.8) is 0 Å². The molecule has 1 aromatic heterocycles. The predicted octanol–water partition coefficient (Wildman–Crippen LogP) is 4.53. The van der Waals surface area contributed by atoms with Crippen LogP contribution in [0.15, 0.2) is 66.9 Å². The lowest BCUT2D eigenvalue weighted by molar-refractivity contribution is 0.102. The first-order valence-electron chi connectivity index (χ1n) is 7.47. The summed E-state index contributed by atoms with van der Waals surface area (Å²) in [6.07, 6.45) is 1.54. The maximum Gasteiger partial charge on any atom is 0.274 e. The first-order chi connectivity index (χ1) is 11.6. The smallest absolute Gasteiger partial charge is 0.274 e. The van der Waals surface area contributed by atoms with Gasteiger partial charge in [0.2, 0.25) is 0 Å². The molecule has 0 bridgehead atoms. The van der Waals surface area contributed by atoms with Gasteiger partial charge in [-0.05, 0) is 48.9 Å². The number of anilines is 3. The molecule has 0 spiro atoms. The van der Waals surface area contributed by atoms with Crippen LogP contribution >= 0.6 is 0 Å². The Morgan fingerprint density at radius 1 is 1.00 bits per heavy atom. The molecule has 0 fully saturated rings. The number of hydrogen-bond acceptors (Lipinski definition) is 3. The summed E-state index contributed by atoms with van der Waals surface area (Å²) < 4.78 is 13.2. The number of benzene rings is 2. The number of halogens is 1. The van der Waals surface area contributed by atoms with Gasteiger partial charge in [0, 0.05) is 11.4 Å². The van der Waals surface area contributed by atoms with Crippen LogP contribution in [0.5, 0.6) is 0 Å². The Labute approximate surface area is 139 Å². The lowest BCUT2D eigenvalue weighted by Gasteiger charge is -2.09. The fourth-order valence-electron chi connectivity index (χ4n) is 2.23. The third-order valence-electron chi connectivity index (χ3n) is 3.50. The number of nitrogens with zero attached hydrogens (tertiary/aromatic N) is 1. The summed E-state index contributed by atoms with van der Waals surface area (Å²) in [7, 11) is 0. The molecule has 0 saturated carbocycles. The lowest BCUT2D eigenvalue weighted by atomic mass is 10.2. The second kappa shape index (κ2) is 6.91. The average molecular weight is 321 g/mol. The molecule has 2 N–H and O–H groups in total. The zero-order chi connectivity index (χ0) is 16.9. The van der Waals surface area contributed by atoms with Gasteiger partial charge in [-0.1, -0.05) is 24.3 Å². The highest BCUT2D eigenvalue weighted by Gasteiger charge is 2.09. The molecule has 0 aliphatic carbocycles. The number of carbonyl (C=O) groups excluding carboxylic acids is 1. The quantitative estimate of drug-likeness (QED) is 0.742. The number of rotatable bonds is 4. The molecule has 4 nitrogen and oxygen atoms in total. The number of pyridine rings is 1. The number of hydrogen-bond donors (Lipinski definition) is 2. The summed E-state index contributed by atoms with van der Waals surface area (Å²) in [6, 6.07) is 17.0. The highest BCUT2D eigenvalue weighted by Crippen LogP contribution is 2.18. The minimum absolute atomic E-state index is 0.276. The van der Waals surface area contributed by atoms with Crippen molar-refractivity contribution in [1.29, 1.82) is 0 Å². The van der Waals surface area contributed by atoms with Crippen molar-refractivity contribution >= 4 is 23.0 Å². The first kappa shape index (κ1) is 15.7. The fourth-order valence-corrected chi connectivity index (χ4v) is 2.23. The highest BCUT2D eigenvalue weighted by molar-refractivity contribution is 6.03. The van der Waals surface area contributed by atoms with Crippen molar-refractivity contribution in [3.8, 4) is 0 Å². The van der Waals surface area contributed by atoms with E-state index in [0.29, 0.717) is 17.1 Å². The minimum atomic E-state index is -0.317. The number of aromatic nitrogens is 1. The Hall–Kier alpha value is -3.21. The van der Waals surface area contributed by atoms with E-state index in [1.165, 1.54) is 18.3 Å². The standard InChI is InChI=1S/C19H16FN3O/c1-13-5-2-3-8-17(13)23-19(24)18-10-9-16(12-21-18)22-15-7-4-6-14(20)11-15/h2-12,22H,1H3,(H,23,24). The van der Waals surface area contributed by atoms with E-state index in [9.17, 15) is 9.18 Å². The van der Waals surface area contributed by atoms with Crippen LogP contribution in [-0.2, 0) is 0 Å². The van der Waals surface area contributed by atoms with Crippen LogP contribution in [0.1, 0.15) is 16.1 Å².